The molecule has 0 aromatic carbocycles. The molecule has 0 spiro atoms. The molecule has 4 nitrogen and oxygen atoms in total. The summed E-state index contributed by atoms with van der Waals surface area (Å²) in [7, 11) is 0. The van der Waals surface area contributed by atoms with E-state index in [-0.39, 0.29) is 0 Å². The molecule has 2 saturated heterocycles. The van der Waals surface area contributed by atoms with Gasteiger partial charge in [0.15, 0.2) is 0 Å². The third-order valence-corrected chi connectivity index (χ3v) is 4.13. The first-order valence-electron chi connectivity index (χ1n) is 7.61. The summed E-state index contributed by atoms with van der Waals surface area (Å²) < 4.78 is 5.90. The van der Waals surface area contributed by atoms with Crippen molar-refractivity contribution in [2.24, 2.45) is 0 Å². The Morgan fingerprint density at radius 1 is 1.17 bits per heavy atom. The van der Waals surface area contributed by atoms with Crippen molar-refractivity contribution in [1.82, 2.24) is 15.1 Å². The molecule has 2 unspecified atom stereocenters. The van der Waals surface area contributed by atoms with Crippen LogP contribution in [0.25, 0.3) is 0 Å². The fourth-order valence-corrected chi connectivity index (χ4v) is 3.14. The van der Waals surface area contributed by atoms with E-state index in [1.54, 1.807) is 0 Å². The number of nitrogens with zero attached hydrogens (tertiary/aromatic N) is 2. The highest BCUT2D eigenvalue weighted by atomic mass is 16.5. The third kappa shape index (κ3) is 4.19. The minimum atomic E-state index is 0.416. The number of hydrogen-bond acceptors (Lipinski definition) is 4. The van der Waals surface area contributed by atoms with Gasteiger partial charge < -0.3 is 10.1 Å². The lowest BCUT2D eigenvalue weighted by Crippen LogP contribution is -2.52. The summed E-state index contributed by atoms with van der Waals surface area (Å²) in [6, 6.07) is 0.689. The standard InChI is InChI=1S/C14H29N3O/c1-3-15-13-6-5-7-17(10-13)12-14-11-16(4-2)8-9-18-14/h13-15H,3-12H2,1-2H3. The average Bonchev–Trinajstić information content (AvgIpc) is 2.40. The van der Waals surface area contributed by atoms with Gasteiger partial charge in [-0.1, -0.05) is 13.8 Å². The Kier molecular flexibility index (Phi) is 5.89. The monoisotopic (exact) mass is 255 g/mol. The van der Waals surface area contributed by atoms with E-state index in [2.05, 4.69) is 29.0 Å². The molecule has 2 heterocycles. The van der Waals surface area contributed by atoms with Crippen molar-refractivity contribution in [3.8, 4) is 0 Å². The Balaban J connectivity index is 1.74. The number of piperidine rings is 1. The van der Waals surface area contributed by atoms with Crippen LogP contribution in [0.3, 0.4) is 0 Å². The summed E-state index contributed by atoms with van der Waals surface area (Å²) in [6.07, 6.45) is 3.07. The van der Waals surface area contributed by atoms with Gasteiger partial charge in [0.25, 0.3) is 0 Å². The smallest absolute Gasteiger partial charge is 0.0829 e. The van der Waals surface area contributed by atoms with Crippen LogP contribution in [0.2, 0.25) is 0 Å². The molecule has 0 aromatic rings. The second kappa shape index (κ2) is 7.43. The molecule has 2 fully saturated rings. The van der Waals surface area contributed by atoms with Gasteiger partial charge in [0, 0.05) is 32.2 Å². The Morgan fingerprint density at radius 2 is 2.06 bits per heavy atom. The molecular formula is C14H29N3O. The van der Waals surface area contributed by atoms with Crippen LogP contribution in [0, 0.1) is 0 Å². The van der Waals surface area contributed by atoms with Crippen LogP contribution in [0.4, 0.5) is 0 Å². The van der Waals surface area contributed by atoms with E-state index >= 15 is 0 Å². The third-order valence-electron chi connectivity index (χ3n) is 4.13. The number of morpholine rings is 1. The number of hydrogen-bond donors (Lipinski definition) is 1. The van der Waals surface area contributed by atoms with Gasteiger partial charge in [-0.2, -0.15) is 0 Å². The molecule has 2 aliphatic heterocycles. The van der Waals surface area contributed by atoms with E-state index in [1.165, 1.54) is 25.9 Å². The lowest BCUT2D eigenvalue weighted by atomic mass is 10.1. The molecule has 4 heteroatoms. The first kappa shape index (κ1) is 14.3. The zero-order chi connectivity index (χ0) is 12.8. The Bertz CT molecular complexity index is 235. The second-order valence-electron chi connectivity index (χ2n) is 5.54. The van der Waals surface area contributed by atoms with Crippen LogP contribution in [0.5, 0.6) is 0 Å². The van der Waals surface area contributed by atoms with E-state index < -0.39 is 0 Å². The highest BCUT2D eigenvalue weighted by molar-refractivity contribution is 4.81. The van der Waals surface area contributed by atoms with Gasteiger partial charge >= 0.3 is 0 Å². The predicted octanol–water partition coefficient (Wildman–Crippen LogP) is 0.781. The minimum absolute atomic E-state index is 0.416. The lowest BCUT2D eigenvalue weighted by molar-refractivity contribution is -0.0450. The van der Waals surface area contributed by atoms with Crippen LogP contribution >= 0.6 is 0 Å². The van der Waals surface area contributed by atoms with Crippen molar-refractivity contribution in [2.45, 2.75) is 38.8 Å². The number of likely N-dealkylation sites (N-methyl/N-ethyl adjacent to an activating group) is 2. The SMILES string of the molecule is CCNC1CCCN(CC2CN(CC)CCO2)C1. The highest BCUT2D eigenvalue weighted by Crippen LogP contribution is 2.13. The van der Waals surface area contributed by atoms with E-state index in [9.17, 15) is 0 Å². The molecule has 2 rings (SSSR count). The average molecular weight is 255 g/mol. The fourth-order valence-electron chi connectivity index (χ4n) is 3.14. The molecule has 0 saturated carbocycles. The van der Waals surface area contributed by atoms with Crippen LogP contribution < -0.4 is 5.32 Å². The molecule has 0 radical (unpaired) electrons. The topological polar surface area (TPSA) is 27.7 Å². The molecule has 106 valence electrons. The Labute approximate surface area is 112 Å². The van der Waals surface area contributed by atoms with Crippen LogP contribution in [0.1, 0.15) is 26.7 Å². The van der Waals surface area contributed by atoms with Crippen molar-refractivity contribution in [1.29, 1.82) is 0 Å². The number of rotatable bonds is 5. The summed E-state index contributed by atoms with van der Waals surface area (Å²) in [5.74, 6) is 0. The number of ether oxygens (including phenoxy) is 1. The summed E-state index contributed by atoms with van der Waals surface area (Å²) in [6.45, 7) is 13.3. The fraction of sp³-hybridized carbons (Fsp3) is 1.00. The maximum absolute atomic E-state index is 5.90. The van der Waals surface area contributed by atoms with Gasteiger partial charge in [0.05, 0.1) is 12.7 Å². The van der Waals surface area contributed by atoms with E-state index in [0.717, 1.165) is 39.3 Å². The molecule has 0 aliphatic carbocycles. The predicted molar refractivity (Wildman–Crippen MR) is 75.0 cm³/mol. The molecule has 18 heavy (non-hydrogen) atoms. The van der Waals surface area contributed by atoms with Crippen molar-refractivity contribution >= 4 is 0 Å². The zero-order valence-electron chi connectivity index (χ0n) is 12.0. The van der Waals surface area contributed by atoms with Crippen molar-refractivity contribution in [2.75, 3.05) is 52.4 Å². The largest absolute Gasteiger partial charge is 0.374 e. The first-order valence-corrected chi connectivity index (χ1v) is 7.61. The number of likely N-dealkylation sites (tertiary alicyclic amines) is 1. The second-order valence-corrected chi connectivity index (χ2v) is 5.54. The van der Waals surface area contributed by atoms with Gasteiger partial charge in [0.1, 0.15) is 0 Å². The maximum atomic E-state index is 5.90. The number of nitrogens with one attached hydrogen (secondary N) is 1. The van der Waals surface area contributed by atoms with Crippen LogP contribution in [0.15, 0.2) is 0 Å². The molecular weight excluding hydrogens is 226 g/mol. The molecule has 0 bridgehead atoms. The molecule has 0 aromatic heterocycles. The van der Waals surface area contributed by atoms with E-state index in [1.807, 2.05) is 0 Å². The molecule has 2 aliphatic rings. The highest BCUT2D eigenvalue weighted by Gasteiger charge is 2.25. The van der Waals surface area contributed by atoms with Crippen molar-refractivity contribution in [3.05, 3.63) is 0 Å². The van der Waals surface area contributed by atoms with E-state index in [4.69, 9.17) is 4.74 Å². The van der Waals surface area contributed by atoms with Crippen LogP contribution in [-0.4, -0.2) is 74.4 Å². The maximum Gasteiger partial charge on any atom is 0.0829 e. The van der Waals surface area contributed by atoms with Crippen molar-refractivity contribution < 1.29 is 4.74 Å². The first-order chi connectivity index (χ1) is 8.81. The summed E-state index contributed by atoms with van der Waals surface area (Å²) in [5.41, 5.74) is 0. The minimum Gasteiger partial charge on any atom is -0.374 e. The zero-order valence-corrected chi connectivity index (χ0v) is 12.0. The lowest BCUT2D eigenvalue weighted by Gasteiger charge is -2.38. The van der Waals surface area contributed by atoms with Gasteiger partial charge in [0.2, 0.25) is 0 Å². The van der Waals surface area contributed by atoms with Crippen molar-refractivity contribution in [3.63, 3.8) is 0 Å². The summed E-state index contributed by atoms with van der Waals surface area (Å²) in [4.78, 5) is 5.08. The molecule has 1 N–H and O–H groups in total. The van der Waals surface area contributed by atoms with E-state index in [0.29, 0.717) is 12.1 Å². The van der Waals surface area contributed by atoms with Crippen LogP contribution in [-0.2, 0) is 4.74 Å². The van der Waals surface area contributed by atoms with Gasteiger partial charge in [-0.25, -0.2) is 0 Å². The molecule has 0 amide bonds. The van der Waals surface area contributed by atoms with Gasteiger partial charge in [-0.15, -0.1) is 0 Å². The normalized spacial score (nSPS) is 31.7. The molecule has 2 atom stereocenters. The Hall–Kier alpha value is -0.160. The van der Waals surface area contributed by atoms with Gasteiger partial charge in [-0.3, -0.25) is 9.80 Å². The summed E-state index contributed by atoms with van der Waals surface area (Å²) in [5, 5.41) is 3.58. The Morgan fingerprint density at radius 3 is 2.83 bits per heavy atom. The quantitative estimate of drug-likeness (QED) is 0.786. The summed E-state index contributed by atoms with van der Waals surface area (Å²) >= 11 is 0. The van der Waals surface area contributed by atoms with Gasteiger partial charge in [-0.05, 0) is 32.5 Å².